The highest BCUT2D eigenvalue weighted by atomic mass is 16.1. The lowest BCUT2D eigenvalue weighted by Crippen LogP contribution is -2.46. The zero-order chi connectivity index (χ0) is 10.7. The maximum atomic E-state index is 12.3. The lowest BCUT2D eigenvalue weighted by Gasteiger charge is -2.49. The van der Waals surface area contributed by atoms with E-state index in [1.807, 2.05) is 6.08 Å². The SMILES string of the molecule is CC1=CC(=O)[C@@]23CCC[C@H](C)[C@@]12CCC3. The minimum absolute atomic E-state index is 0.0503. The monoisotopic (exact) mass is 204 g/mol. The summed E-state index contributed by atoms with van der Waals surface area (Å²) in [6.45, 7) is 4.57. The molecule has 82 valence electrons. The zero-order valence-corrected chi connectivity index (χ0v) is 9.81. The van der Waals surface area contributed by atoms with Crippen molar-refractivity contribution in [2.45, 2.75) is 52.4 Å². The molecule has 0 aromatic heterocycles. The minimum Gasteiger partial charge on any atom is -0.294 e. The summed E-state index contributed by atoms with van der Waals surface area (Å²) < 4.78 is 0. The van der Waals surface area contributed by atoms with Crippen LogP contribution in [0.3, 0.4) is 0 Å². The summed E-state index contributed by atoms with van der Waals surface area (Å²) in [5.74, 6) is 1.18. The lowest BCUT2D eigenvalue weighted by molar-refractivity contribution is -0.131. The normalized spacial score (nSPS) is 48.8. The molecule has 15 heavy (non-hydrogen) atoms. The van der Waals surface area contributed by atoms with Gasteiger partial charge in [-0.15, -0.1) is 0 Å². The van der Waals surface area contributed by atoms with Gasteiger partial charge in [0.2, 0.25) is 0 Å². The van der Waals surface area contributed by atoms with Gasteiger partial charge in [0.15, 0.2) is 5.78 Å². The summed E-state index contributed by atoms with van der Waals surface area (Å²) in [7, 11) is 0. The summed E-state index contributed by atoms with van der Waals surface area (Å²) in [4.78, 5) is 12.3. The smallest absolute Gasteiger partial charge is 0.162 e. The van der Waals surface area contributed by atoms with Crippen LogP contribution in [0.1, 0.15) is 52.4 Å². The first-order valence-electron chi connectivity index (χ1n) is 6.37. The average Bonchev–Trinajstić information content (AvgIpc) is 2.68. The van der Waals surface area contributed by atoms with E-state index in [9.17, 15) is 4.79 Å². The van der Waals surface area contributed by atoms with Crippen LogP contribution in [0.15, 0.2) is 11.6 Å². The van der Waals surface area contributed by atoms with Crippen LogP contribution in [0.2, 0.25) is 0 Å². The predicted molar refractivity (Wildman–Crippen MR) is 60.5 cm³/mol. The topological polar surface area (TPSA) is 17.1 Å². The van der Waals surface area contributed by atoms with Crippen LogP contribution in [-0.2, 0) is 4.79 Å². The highest BCUT2D eigenvalue weighted by molar-refractivity contribution is 6.00. The van der Waals surface area contributed by atoms with Gasteiger partial charge in [-0.3, -0.25) is 4.79 Å². The second-order valence-electron chi connectivity index (χ2n) is 5.89. The molecular weight excluding hydrogens is 184 g/mol. The Morgan fingerprint density at radius 3 is 2.73 bits per heavy atom. The van der Waals surface area contributed by atoms with Crippen LogP contribution in [0.5, 0.6) is 0 Å². The number of carbonyl (C=O) groups is 1. The van der Waals surface area contributed by atoms with Crippen molar-refractivity contribution in [3.05, 3.63) is 11.6 Å². The number of hydrogen-bond donors (Lipinski definition) is 0. The molecule has 0 amide bonds. The second-order valence-corrected chi connectivity index (χ2v) is 5.89. The third-order valence-electron chi connectivity index (χ3n) is 5.63. The van der Waals surface area contributed by atoms with Crippen LogP contribution in [0.4, 0.5) is 0 Å². The molecule has 0 saturated heterocycles. The first-order chi connectivity index (χ1) is 7.13. The fourth-order valence-electron chi connectivity index (χ4n) is 5.05. The van der Waals surface area contributed by atoms with E-state index in [0.29, 0.717) is 5.78 Å². The number of hydrogen-bond acceptors (Lipinski definition) is 1. The molecule has 3 aliphatic rings. The van der Waals surface area contributed by atoms with E-state index in [4.69, 9.17) is 0 Å². The van der Waals surface area contributed by atoms with Gasteiger partial charge in [-0.25, -0.2) is 0 Å². The van der Waals surface area contributed by atoms with Crippen molar-refractivity contribution in [1.29, 1.82) is 0 Å². The Morgan fingerprint density at radius 1 is 1.27 bits per heavy atom. The molecule has 0 N–H and O–H groups in total. The summed E-state index contributed by atoms with van der Waals surface area (Å²) in [5.41, 5.74) is 1.73. The van der Waals surface area contributed by atoms with Crippen molar-refractivity contribution in [1.82, 2.24) is 0 Å². The molecule has 1 heteroatoms. The molecule has 0 radical (unpaired) electrons. The van der Waals surface area contributed by atoms with Crippen LogP contribution in [0.25, 0.3) is 0 Å². The second kappa shape index (κ2) is 2.75. The molecule has 2 fully saturated rings. The molecule has 0 unspecified atom stereocenters. The number of allylic oxidation sites excluding steroid dienone is 2. The Bertz CT molecular complexity index is 354. The van der Waals surface area contributed by atoms with Crippen molar-refractivity contribution in [2.24, 2.45) is 16.7 Å². The minimum atomic E-state index is 0.0503. The van der Waals surface area contributed by atoms with Crippen LogP contribution in [0, 0.1) is 16.7 Å². The van der Waals surface area contributed by atoms with Crippen LogP contribution < -0.4 is 0 Å². The molecule has 0 aromatic carbocycles. The van der Waals surface area contributed by atoms with Gasteiger partial charge in [0, 0.05) is 10.8 Å². The standard InChI is InChI=1S/C14H20O/c1-10-5-3-6-13-7-4-8-14(10,13)11(2)9-12(13)15/h9-10H,3-8H2,1-2H3/t10-,13-,14-/m0/s1. The highest BCUT2D eigenvalue weighted by Gasteiger charge is 2.65. The van der Waals surface area contributed by atoms with E-state index in [2.05, 4.69) is 13.8 Å². The van der Waals surface area contributed by atoms with E-state index in [0.717, 1.165) is 18.8 Å². The Hall–Kier alpha value is -0.590. The summed E-state index contributed by atoms with van der Waals surface area (Å²) in [6, 6.07) is 0. The zero-order valence-electron chi connectivity index (χ0n) is 9.81. The first-order valence-corrected chi connectivity index (χ1v) is 6.37. The summed E-state index contributed by atoms with van der Waals surface area (Å²) in [6.07, 6.45) is 9.40. The summed E-state index contributed by atoms with van der Waals surface area (Å²) in [5, 5.41) is 0. The van der Waals surface area contributed by atoms with Gasteiger partial charge in [0.05, 0.1) is 0 Å². The molecule has 0 heterocycles. The summed E-state index contributed by atoms with van der Waals surface area (Å²) >= 11 is 0. The molecule has 3 rings (SSSR count). The maximum absolute atomic E-state index is 12.3. The van der Waals surface area contributed by atoms with Gasteiger partial charge in [-0.1, -0.05) is 25.3 Å². The van der Waals surface area contributed by atoms with E-state index >= 15 is 0 Å². The third kappa shape index (κ3) is 0.847. The molecular formula is C14H20O. The van der Waals surface area contributed by atoms with Gasteiger partial charge >= 0.3 is 0 Å². The van der Waals surface area contributed by atoms with Crippen molar-refractivity contribution < 1.29 is 4.79 Å². The number of ketones is 1. The third-order valence-corrected chi connectivity index (χ3v) is 5.63. The Morgan fingerprint density at radius 2 is 2.00 bits per heavy atom. The molecule has 3 aliphatic carbocycles. The maximum Gasteiger partial charge on any atom is 0.162 e. The van der Waals surface area contributed by atoms with Crippen LogP contribution in [-0.4, -0.2) is 5.78 Å². The Labute approximate surface area is 91.9 Å². The van der Waals surface area contributed by atoms with Gasteiger partial charge in [0.1, 0.15) is 0 Å². The quantitative estimate of drug-likeness (QED) is 0.590. The van der Waals surface area contributed by atoms with E-state index in [1.54, 1.807) is 0 Å². The van der Waals surface area contributed by atoms with Crippen LogP contribution >= 0.6 is 0 Å². The van der Waals surface area contributed by atoms with Gasteiger partial charge in [-0.05, 0) is 44.6 Å². The van der Waals surface area contributed by atoms with Gasteiger partial charge < -0.3 is 0 Å². The van der Waals surface area contributed by atoms with Crippen molar-refractivity contribution >= 4 is 5.78 Å². The van der Waals surface area contributed by atoms with Crippen molar-refractivity contribution in [3.63, 3.8) is 0 Å². The molecule has 2 saturated carbocycles. The number of carbonyl (C=O) groups excluding carboxylic acids is 1. The molecule has 0 aromatic rings. The average molecular weight is 204 g/mol. The Balaban J connectivity index is 2.19. The molecule has 1 nitrogen and oxygen atoms in total. The van der Waals surface area contributed by atoms with Gasteiger partial charge in [0.25, 0.3) is 0 Å². The van der Waals surface area contributed by atoms with Gasteiger partial charge in [-0.2, -0.15) is 0 Å². The first kappa shape index (κ1) is 9.62. The number of rotatable bonds is 0. The Kier molecular flexibility index (Phi) is 1.76. The lowest BCUT2D eigenvalue weighted by atomic mass is 9.53. The van der Waals surface area contributed by atoms with E-state index in [1.165, 1.54) is 31.3 Å². The van der Waals surface area contributed by atoms with E-state index < -0.39 is 0 Å². The molecule has 0 spiro atoms. The fraction of sp³-hybridized carbons (Fsp3) is 0.786. The molecule has 0 aliphatic heterocycles. The van der Waals surface area contributed by atoms with Crippen molar-refractivity contribution in [3.8, 4) is 0 Å². The fourth-order valence-corrected chi connectivity index (χ4v) is 5.05. The van der Waals surface area contributed by atoms with Crippen molar-refractivity contribution in [2.75, 3.05) is 0 Å². The molecule has 3 atom stereocenters. The highest BCUT2D eigenvalue weighted by Crippen LogP contribution is 2.69. The largest absolute Gasteiger partial charge is 0.294 e. The predicted octanol–water partition coefficient (Wildman–Crippen LogP) is 3.49. The molecule has 0 bridgehead atoms. The van der Waals surface area contributed by atoms with E-state index in [-0.39, 0.29) is 10.8 Å².